The lowest BCUT2D eigenvalue weighted by Gasteiger charge is -2.24. The van der Waals surface area contributed by atoms with Gasteiger partial charge in [-0.15, -0.1) is 0 Å². The zero-order valence-corrected chi connectivity index (χ0v) is 17.1. The monoisotopic (exact) mass is 401 g/mol. The zero-order chi connectivity index (χ0) is 20.1. The topological polar surface area (TPSA) is 45.7 Å². The van der Waals surface area contributed by atoms with E-state index in [1.165, 1.54) is 17.4 Å². The second-order valence-corrected chi connectivity index (χ2v) is 7.31. The molecule has 0 fully saturated rings. The average Bonchev–Trinajstić information content (AvgIpc) is 3.16. The molecule has 0 atom stereocenters. The molecule has 3 rings (SSSR count). The van der Waals surface area contributed by atoms with Crippen molar-refractivity contribution < 1.29 is 13.9 Å². The number of hydrogen-bond donors (Lipinski definition) is 0. The van der Waals surface area contributed by atoms with Crippen molar-refractivity contribution in [2.24, 2.45) is 0 Å². The third kappa shape index (κ3) is 4.31. The molecular formula is C21H24FN3O2S. The summed E-state index contributed by atoms with van der Waals surface area (Å²) in [4.78, 5) is 21.6. The predicted octanol–water partition coefficient (Wildman–Crippen LogP) is 4.43. The first-order chi connectivity index (χ1) is 13.6. The van der Waals surface area contributed by atoms with Gasteiger partial charge in [0, 0.05) is 18.7 Å². The number of carbonyl (C=O) groups is 1. The Morgan fingerprint density at radius 2 is 1.89 bits per heavy atom. The summed E-state index contributed by atoms with van der Waals surface area (Å²) >= 11 is 1.32. The van der Waals surface area contributed by atoms with Gasteiger partial charge in [-0.25, -0.2) is 9.37 Å². The van der Waals surface area contributed by atoms with Crippen LogP contribution in [-0.4, -0.2) is 49.1 Å². The molecule has 28 heavy (non-hydrogen) atoms. The maximum Gasteiger partial charge on any atom is 0.260 e. The fourth-order valence-corrected chi connectivity index (χ4v) is 4.00. The van der Waals surface area contributed by atoms with Crippen molar-refractivity contribution in [3.63, 3.8) is 0 Å². The smallest absolute Gasteiger partial charge is 0.260 e. The minimum atomic E-state index is -0.377. The van der Waals surface area contributed by atoms with Crippen molar-refractivity contribution in [3.8, 4) is 5.75 Å². The zero-order valence-electron chi connectivity index (χ0n) is 16.3. The molecule has 0 unspecified atom stereocenters. The van der Waals surface area contributed by atoms with Crippen LogP contribution in [0.2, 0.25) is 0 Å². The second kappa shape index (κ2) is 9.12. The molecule has 1 amide bonds. The number of hydrogen-bond acceptors (Lipinski definition) is 5. The van der Waals surface area contributed by atoms with E-state index in [2.05, 4.69) is 23.7 Å². The fraction of sp³-hybridized carbons (Fsp3) is 0.333. The highest BCUT2D eigenvalue weighted by Crippen LogP contribution is 2.31. The lowest BCUT2D eigenvalue weighted by molar-refractivity contribution is 0.0983. The Kier molecular flexibility index (Phi) is 6.59. The first kappa shape index (κ1) is 20.2. The molecule has 7 heteroatoms. The summed E-state index contributed by atoms with van der Waals surface area (Å²) in [5.74, 6) is 0.0629. The molecule has 0 bridgehead atoms. The van der Waals surface area contributed by atoms with Crippen LogP contribution in [0.4, 0.5) is 9.52 Å². The van der Waals surface area contributed by atoms with E-state index in [1.54, 1.807) is 42.3 Å². The van der Waals surface area contributed by atoms with E-state index in [-0.39, 0.29) is 11.7 Å². The van der Waals surface area contributed by atoms with Gasteiger partial charge in [0.15, 0.2) is 5.13 Å². The number of methoxy groups -OCH3 is 1. The third-order valence-electron chi connectivity index (χ3n) is 4.69. The largest absolute Gasteiger partial charge is 0.497 e. The highest BCUT2D eigenvalue weighted by atomic mass is 32.1. The van der Waals surface area contributed by atoms with Crippen molar-refractivity contribution >= 4 is 32.6 Å². The number of benzene rings is 2. The van der Waals surface area contributed by atoms with Gasteiger partial charge < -0.3 is 9.64 Å². The fourth-order valence-electron chi connectivity index (χ4n) is 3.00. The molecule has 1 heterocycles. The van der Waals surface area contributed by atoms with E-state index < -0.39 is 0 Å². The number of halogens is 1. The molecule has 0 radical (unpaired) electrons. The van der Waals surface area contributed by atoms with Gasteiger partial charge in [-0.3, -0.25) is 9.69 Å². The standard InChI is InChI=1S/C21H24FN3O2S/c1-4-24(5-2)12-13-25(20(26)15-8-6-9-16(14-15)27-3)21-23-19-17(22)10-7-11-18(19)28-21/h6-11,14H,4-5,12-13H2,1-3H3. The predicted molar refractivity (Wildman–Crippen MR) is 112 cm³/mol. The molecule has 0 aliphatic rings. The normalized spacial score (nSPS) is 11.2. The number of fused-ring (bicyclic) bond motifs is 1. The van der Waals surface area contributed by atoms with Crippen LogP contribution in [0.5, 0.6) is 5.75 Å². The number of aromatic nitrogens is 1. The van der Waals surface area contributed by atoms with E-state index in [1.807, 2.05) is 6.07 Å². The lowest BCUT2D eigenvalue weighted by Crippen LogP contribution is -2.38. The van der Waals surface area contributed by atoms with Gasteiger partial charge in [0.25, 0.3) is 5.91 Å². The minimum absolute atomic E-state index is 0.175. The summed E-state index contributed by atoms with van der Waals surface area (Å²) in [6.07, 6.45) is 0. The summed E-state index contributed by atoms with van der Waals surface area (Å²) in [5, 5.41) is 0.500. The summed E-state index contributed by atoms with van der Waals surface area (Å²) in [5.41, 5.74) is 0.812. The van der Waals surface area contributed by atoms with Gasteiger partial charge in [-0.2, -0.15) is 0 Å². The van der Waals surface area contributed by atoms with E-state index in [9.17, 15) is 9.18 Å². The summed E-state index contributed by atoms with van der Waals surface area (Å²) in [6.45, 7) is 7.15. The number of ether oxygens (including phenoxy) is 1. The van der Waals surface area contributed by atoms with E-state index >= 15 is 0 Å². The molecule has 0 N–H and O–H groups in total. The first-order valence-electron chi connectivity index (χ1n) is 9.30. The number of likely N-dealkylation sites (N-methyl/N-ethyl adjacent to an activating group) is 1. The summed E-state index contributed by atoms with van der Waals surface area (Å²) in [7, 11) is 1.57. The van der Waals surface area contributed by atoms with Crippen molar-refractivity contribution in [1.82, 2.24) is 9.88 Å². The Hall–Kier alpha value is -2.51. The highest BCUT2D eigenvalue weighted by molar-refractivity contribution is 7.22. The van der Waals surface area contributed by atoms with Crippen LogP contribution in [0.1, 0.15) is 24.2 Å². The lowest BCUT2D eigenvalue weighted by atomic mass is 10.2. The van der Waals surface area contributed by atoms with Gasteiger partial charge in [-0.1, -0.05) is 37.3 Å². The highest BCUT2D eigenvalue weighted by Gasteiger charge is 2.23. The van der Waals surface area contributed by atoms with Crippen molar-refractivity contribution in [3.05, 3.63) is 53.8 Å². The first-order valence-corrected chi connectivity index (χ1v) is 10.1. The number of anilines is 1. The molecular weight excluding hydrogens is 377 g/mol. The molecule has 1 aromatic heterocycles. The number of rotatable bonds is 8. The second-order valence-electron chi connectivity index (χ2n) is 6.30. The van der Waals surface area contributed by atoms with E-state index in [0.717, 1.165) is 17.8 Å². The van der Waals surface area contributed by atoms with Gasteiger partial charge in [-0.05, 0) is 43.4 Å². The van der Waals surface area contributed by atoms with Gasteiger partial charge in [0.2, 0.25) is 0 Å². The van der Waals surface area contributed by atoms with Crippen molar-refractivity contribution in [2.45, 2.75) is 13.8 Å². The van der Waals surface area contributed by atoms with Crippen LogP contribution < -0.4 is 9.64 Å². The summed E-state index contributed by atoms with van der Waals surface area (Å²) in [6, 6.07) is 11.9. The molecule has 5 nitrogen and oxygen atoms in total. The molecule has 0 spiro atoms. The SMILES string of the molecule is CCN(CC)CCN(C(=O)c1cccc(OC)c1)c1nc2c(F)cccc2s1. The van der Waals surface area contributed by atoms with Crippen molar-refractivity contribution in [1.29, 1.82) is 0 Å². The van der Waals surface area contributed by atoms with Crippen LogP contribution >= 0.6 is 11.3 Å². The molecule has 0 saturated heterocycles. The van der Waals surface area contributed by atoms with Crippen LogP contribution in [0.3, 0.4) is 0 Å². The molecule has 3 aromatic rings. The number of thiazole rings is 1. The van der Waals surface area contributed by atoms with Crippen molar-refractivity contribution in [2.75, 3.05) is 38.2 Å². The molecule has 0 saturated carbocycles. The van der Waals surface area contributed by atoms with Gasteiger partial charge in [0.1, 0.15) is 17.1 Å². The van der Waals surface area contributed by atoms with Crippen LogP contribution in [0.15, 0.2) is 42.5 Å². The number of carbonyl (C=O) groups excluding carboxylic acids is 1. The van der Waals surface area contributed by atoms with E-state index in [0.29, 0.717) is 35.1 Å². The summed E-state index contributed by atoms with van der Waals surface area (Å²) < 4.78 is 20.1. The average molecular weight is 402 g/mol. The Morgan fingerprint density at radius 3 is 2.57 bits per heavy atom. The quantitative estimate of drug-likeness (QED) is 0.560. The Balaban J connectivity index is 1.97. The number of para-hydroxylation sites is 1. The van der Waals surface area contributed by atoms with E-state index in [4.69, 9.17) is 4.74 Å². The Morgan fingerprint density at radius 1 is 1.14 bits per heavy atom. The van der Waals surface area contributed by atoms with Gasteiger partial charge >= 0.3 is 0 Å². The molecule has 2 aromatic carbocycles. The number of nitrogens with zero attached hydrogens (tertiary/aromatic N) is 3. The maximum absolute atomic E-state index is 14.1. The third-order valence-corrected chi connectivity index (χ3v) is 5.73. The Bertz CT molecular complexity index is 956. The van der Waals surface area contributed by atoms with Crippen LogP contribution in [-0.2, 0) is 0 Å². The van der Waals surface area contributed by atoms with Crippen LogP contribution in [0, 0.1) is 5.82 Å². The molecule has 148 valence electrons. The molecule has 0 aliphatic heterocycles. The molecule has 0 aliphatic carbocycles. The van der Waals surface area contributed by atoms with Crippen LogP contribution in [0.25, 0.3) is 10.2 Å². The Labute approximate surface area is 168 Å². The number of amides is 1. The minimum Gasteiger partial charge on any atom is -0.497 e. The maximum atomic E-state index is 14.1. The van der Waals surface area contributed by atoms with Gasteiger partial charge in [0.05, 0.1) is 11.8 Å².